The molecule has 116 valence electrons. The molecule has 5 nitrogen and oxygen atoms in total. The zero-order valence-corrected chi connectivity index (χ0v) is 12.7. The highest BCUT2D eigenvalue weighted by Crippen LogP contribution is 2.17. The van der Waals surface area contributed by atoms with E-state index in [1.54, 1.807) is 4.90 Å². The van der Waals surface area contributed by atoms with Gasteiger partial charge >= 0.3 is 0 Å². The molecule has 0 aliphatic carbocycles. The molecule has 2 rings (SSSR count). The summed E-state index contributed by atoms with van der Waals surface area (Å²) < 4.78 is 13.5. The number of carbonyl (C=O) groups excluding carboxylic acids is 1. The van der Waals surface area contributed by atoms with E-state index in [-0.39, 0.29) is 5.91 Å². The fraction of sp³-hybridized carbons (Fsp3) is 0.600. The summed E-state index contributed by atoms with van der Waals surface area (Å²) in [5.41, 5.74) is 0.327. The van der Waals surface area contributed by atoms with Crippen molar-refractivity contribution in [3.05, 3.63) is 23.6 Å². The summed E-state index contributed by atoms with van der Waals surface area (Å²) in [5, 5.41) is 3.10. The fourth-order valence-electron chi connectivity index (χ4n) is 2.41. The molecule has 0 atom stereocenters. The lowest BCUT2D eigenvalue weighted by Crippen LogP contribution is -2.35. The summed E-state index contributed by atoms with van der Waals surface area (Å²) in [6.07, 6.45) is 2.99. The van der Waals surface area contributed by atoms with E-state index in [2.05, 4.69) is 15.2 Å². The maximum Gasteiger partial charge on any atom is 0.257 e. The quantitative estimate of drug-likeness (QED) is 0.920. The highest BCUT2D eigenvalue weighted by Gasteiger charge is 2.22. The highest BCUT2D eigenvalue weighted by molar-refractivity contribution is 5.98. The van der Waals surface area contributed by atoms with Gasteiger partial charge < -0.3 is 15.1 Å². The van der Waals surface area contributed by atoms with Crippen molar-refractivity contribution in [3.8, 4) is 0 Å². The third-order valence-electron chi connectivity index (χ3n) is 3.63. The van der Waals surface area contributed by atoms with Gasteiger partial charge in [-0.25, -0.2) is 9.37 Å². The number of halogens is 1. The molecule has 2 heterocycles. The molecule has 1 aliphatic heterocycles. The van der Waals surface area contributed by atoms with Crippen molar-refractivity contribution in [1.82, 2.24) is 14.8 Å². The first-order valence-corrected chi connectivity index (χ1v) is 7.49. The maximum atomic E-state index is 13.5. The Morgan fingerprint density at radius 3 is 2.95 bits per heavy atom. The summed E-state index contributed by atoms with van der Waals surface area (Å²) in [4.78, 5) is 20.7. The number of amides is 1. The lowest BCUT2D eigenvalue weighted by Gasteiger charge is -2.22. The van der Waals surface area contributed by atoms with Crippen LogP contribution in [-0.4, -0.2) is 60.5 Å². The maximum absolute atomic E-state index is 13.5. The minimum Gasteiger partial charge on any atom is -0.369 e. The lowest BCUT2D eigenvalue weighted by molar-refractivity contribution is 0.0763. The van der Waals surface area contributed by atoms with Crippen LogP contribution in [0.2, 0.25) is 0 Å². The van der Waals surface area contributed by atoms with Crippen LogP contribution in [0.4, 0.5) is 10.2 Å². The van der Waals surface area contributed by atoms with Crippen LogP contribution >= 0.6 is 0 Å². The van der Waals surface area contributed by atoms with Crippen LogP contribution < -0.4 is 5.32 Å². The fourth-order valence-corrected chi connectivity index (χ4v) is 2.41. The Morgan fingerprint density at radius 1 is 1.38 bits per heavy atom. The van der Waals surface area contributed by atoms with Gasteiger partial charge in [-0.3, -0.25) is 4.79 Å². The number of anilines is 1. The van der Waals surface area contributed by atoms with Gasteiger partial charge in [-0.1, -0.05) is 6.92 Å². The molecular formula is C15H23FN4O. The number of nitrogens with one attached hydrogen (secondary N) is 1. The predicted octanol–water partition coefficient (Wildman–Crippen LogP) is 1.82. The summed E-state index contributed by atoms with van der Waals surface area (Å²) in [6.45, 7) is 5.93. The molecule has 0 radical (unpaired) electrons. The van der Waals surface area contributed by atoms with E-state index in [4.69, 9.17) is 0 Å². The van der Waals surface area contributed by atoms with E-state index in [0.717, 1.165) is 32.1 Å². The highest BCUT2D eigenvalue weighted by atomic mass is 19.1. The standard InChI is InChI=1S/C15H23FN4O/c1-3-5-17-14-13(10-12(16)11-18-14)15(21)20-7-4-6-19(2)8-9-20/h10-11H,3-9H2,1-2H3,(H,17,18). The van der Waals surface area contributed by atoms with Gasteiger partial charge in [0.1, 0.15) is 11.6 Å². The molecule has 0 unspecified atom stereocenters. The Morgan fingerprint density at radius 2 is 2.19 bits per heavy atom. The predicted molar refractivity (Wildman–Crippen MR) is 81.0 cm³/mol. The van der Waals surface area contributed by atoms with Gasteiger partial charge in [0.15, 0.2) is 0 Å². The third-order valence-corrected chi connectivity index (χ3v) is 3.63. The summed E-state index contributed by atoms with van der Waals surface area (Å²) in [5.74, 6) is -0.149. The first kappa shape index (κ1) is 15.7. The molecule has 0 saturated carbocycles. The van der Waals surface area contributed by atoms with Gasteiger partial charge in [-0.15, -0.1) is 0 Å². The molecule has 1 aromatic heterocycles. The summed E-state index contributed by atoms with van der Waals surface area (Å²) >= 11 is 0. The van der Waals surface area contributed by atoms with Crippen LogP contribution in [0.3, 0.4) is 0 Å². The number of rotatable bonds is 4. The number of hydrogen-bond donors (Lipinski definition) is 1. The minimum absolute atomic E-state index is 0.143. The molecule has 21 heavy (non-hydrogen) atoms. The molecule has 1 N–H and O–H groups in total. The van der Waals surface area contributed by atoms with Crippen molar-refractivity contribution < 1.29 is 9.18 Å². The van der Waals surface area contributed by atoms with Crippen molar-refractivity contribution >= 4 is 11.7 Å². The van der Waals surface area contributed by atoms with Crippen molar-refractivity contribution in [2.45, 2.75) is 19.8 Å². The van der Waals surface area contributed by atoms with Gasteiger partial charge in [0.05, 0.1) is 11.8 Å². The lowest BCUT2D eigenvalue weighted by atomic mass is 10.2. The molecule has 1 saturated heterocycles. The van der Waals surface area contributed by atoms with E-state index in [9.17, 15) is 9.18 Å². The Bertz CT molecular complexity index is 495. The smallest absolute Gasteiger partial charge is 0.257 e. The van der Waals surface area contributed by atoms with Crippen LogP contribution in [0.5, 0.6) is 0 Å². The molecule has 1 amide bonds. The molecule has 6 heteroatoms. The van der Waals surface area contributed by atoms with Crippen LogP contribution in [0.25, 0.3) is 0 Å². The number of aromatic nitrogens is 1. The van der Waals surface area contributed by atoms with E-state index in [1.165, 1.54) is 6.07 Å². The first-order chi connectivity index (χ1) is 10.1. The molecule has 1 aliphatic rings. The van der Waals surface area contributed by atoms with Gasteiger partial charge in [0.25, 0.3) is 5.91 Å². The molecule has 0 spiro atoms. The second-order valence-corrected chi connectivity index (χ2v) is 5.43. The van der Waals surface area contributed by atoms with Crippen LogP contribution in [0, 0.1) is 5.82 Å². The zero-order valence-electron chi connectivity index (χ0n) is 12.7. The van der Waals surface area contributed by atoms with Crippen LogP contribution in [0.15, 0.2) is 12.3 Å². The van der Waals surface area contributed by atoms with E-state index in [0.29, 0.717) is 31.0 Å². The van der Waals surface area contributed by atoms with Crippen molar-refractivity contribution in [2.75, 3.05) is 45.1 Å². The largest absolute Gasteiger partial charge is 0.369 e. The minimum atomic E-state index is -0.479. The van der Waals surface area contributed by atoms with Crippen molar-refractivity contribution in [2.24, 2.45) is 0 Å². The van der Waals surface area contributed by atoms with Gasteiger partial charge in [0, 0.05) is 26.2 Å². The second kappa shape index (κ2) is 7.36. The Hall–Kier alpha value is -1.69. The normalized spacial score (nSPS) is 16.6. The molecule has 1 aromatic rings. The number of likely N-dealkylation sites (N-methyl/N-ethyl adjacent to an activating group) is 1. The summed E-state index contributed by atoms with van der Waals surface area (Å²) in [6, 6.07) is 1.28. The van der Waals surface area contributed by atoms with E-state index >= 15 is 0 Å². The average Bonchev–Trinajstić information content (AvgIpc) is 2.70. The van der Waals surface area contributed by atoms with Gasteiger partial charge in [-0.05, 0) is 32.5 Å². The Balaban J connectivity index is 2.18. The number of carbonyl (C=O) groups is 1. The SMILES string of the molecule is CCCNc1ncc(F)cc1C(=O)N1CCCN(C)CC1. The summed E-state index contributed by atoms with van der Waals surface area (Å²) in [7, 11) is 2.05. The van der Waals surface area contributed by atoms with Crippen LogP contribution in [0.1, 0.15) is 30.1 Å². The molecule has 0 aromatic carbocycles. The number of hydrogen-bond acceptors (Lipinski definition) is 4. The van der Waals surface area contributed by atoms with E-state index < -0.39 is 5.82 Å². The molecular weight excluding hydrogens is 271 g/mol. The Labute approximate surface area is 125 Å². The first-order valence-electron chi connectivity index (χ1n) is 7.49. The molecule has 0 bridgehead atoms. The van der Waals surface area contributed by atoms with Crippen molar-refractivity contribution in [3.63, 3.8) is 0 Å². The Kier molecular flexibility index (Phi) is 5.50. The van der Waals surface area contributed by atoms with Gasteiger partial charge in [-0.2, -0.15) is 0 Å². The number of pyridine rings is 1. The van der Waals surface area contributed by atoms with Gasteiger partial charge in [0.2, 0.25) is 0 Å². The number of nitrogens with zero attached hydrogens (tertiary/aromatic N) is 3. The third kappa shape index (κ3) is 4.14. The monoisotopic (exact) mass is 294 g/mol. The molecule has 1 fully saturated rings. The topological polar surface area (TPSA) is 48.5 Å². The second-order valence-electron chi connectivity index (χ2n) is 5.43. The van der Waals surface area contributed by atoms with Crippen LogP contribution in [-0.2, 0) is 0 Å². The zero-order chi connectivity index (χ0) is 15.2. The van der Waals surface area contributed by atoms with E-state index in [1.807, 2.05) is 14.0 Å². The average molecular weight is 294 g/mol. The van der Waals surface area contributed by atoms with Crippen molar-refractivity contribution in [1.29, 1.82) is 0 Å².